The number of aryl methyl sites for hydroxylation is 2. The Kier molecular flexibility index (Phi) is 6.28. The number of hydrogen-bond donors (Lipinski definition) is 1. The number of rotatable bonds is 5. The zero-order valence-corrected chi connectivity index (χ0v) is 18.1. The van der Waals surface area contributed by atoms with Gasteiger partial charge >= 0.3 is 0 Å². The number of aromatic nitrogens is 1. The summed E-state index contributed by atoms with van der Waals surface area (Å²) in [6.45, 7) is 4.27. The van der Waals surface area contributed by atoms with E-state index < -0.39 is 10.0 Å². The number of aromatic amines is 1. The fraction of sp³-hybridized carbons (Fsp3) is 0.182. The molecule has 2 aromatic carbocycles. The molecule has 4 nitrogen and oxygen atoms in total. The summed E-state index contributed by atoms with van der Waals surface area (Å²) in [5.74, 6) is 2.97. The van der Waals surface area contributed by atoms with Crippen molar-refractivity contribution in [1.82, 2.24) is 9.29 Å². The highest BCUT2D eigenvalue weighted by molar-refractivity contribution is 9.10. The van der Waals surface area contributed by atoms with Crippen LogP contribution in [-0.4, -0.2) is 24.3 Å². The Bertz CT molecular complexity index is 1110. The van der Waals surface area contributed by atoms with Crippen LogP contribution in [0.3, 0.4) is 0 Å². The predicted molar refractivity (Wildman–Crippen MR) is 115 cm³/mol. The minimum atomic E-state index is -3.74. The summed E-state index contributed by atoms with van der Waals surface area (Å²) in [6, 6.07) is 20.9. The van der Waals surface area contributed by atoms with Gasteiger partial charge in [0.15, 0.2) is 0 Å². The van der Waals surface area contributed by atoms with Gasteiger partial charge in [-0.1, -0.05) is 34.1 Å². The molecule has 3 rings (SSSR count). The Labute approximate surface area is 174 Å². The second kappa shape index (κ2) is 8.68. The third-order valence-corrected chi connectivity index (χ3v) is 6.57. The highest BCUT2D eigenvalue weighted by Gasteiger charge is 2.22. The summed E-state index contributed by atoms with van der Waals surface area (Å²) in [4.78, 5) is 3.52. The van der Waals surface area contributed by atoms with E-state index in [0.29, 0.717) is 6.42 Å². The Morgan fingerprint density at radius 1 is 1.04 bits per heavy atom. The van der Waals surface area contributed by atoms with E-state index in [1.54, 1.807) is 24.3 Å². The lowest BCUT2D eigenvalue weighted by molar-refractivity contribution is 0.510. The van der Waals surface area contributed by atoms with E-state index in [9.17, 15) is 8.42 Å². The fourth-order valence-electron chi connectivity index (χ4n) is 2.88. The predicted octanol–water partition coefficient (Wildman–Crippen LogP) is 4.64. The maximum Gasteiger partial charge on any atom is 0.270 e. The Morgan fingerprint density at radius 2 is 1.71 bits per heavy atom. The van der Waals surface area contributed by atoms with Crippen LogP contribution in [0.2, 0.25) is 0 Å². The number of hydrogen-bond acceptors (Lipinski definition) is 2. The van der Waals surface area contributed by atoms with Crippen molar-refractivity contribution in [2.45, 2.75) is 25.2 Å². The van der Waals surface area contributed by atoms with Crippen molar-refractivity contribution in [3.05, 3.63) is 87.7 Å². The molecule has 6 heteroatoms. The standard InChI is InChI=1S/C22H21BrN2O2S/c1-17-16-18(2)24-22(17)13-15-25(14-12-19-6-4-3-5-7-19)28(26,27)21-10-8-20(23)9-11-21/h3-11,16,24H,13,15H2,1-2H3. The van der Waals surface area contributed by atoms with Crippen LogP contribution in [0.4, 0.5) is 0 Å². The summed E-state index contributed by atoms with van der Waals surface area (Å²) >= 11 is 3.34. The highest BCUT2D eigenvalue weighted by atomic mass is 79.9. The molecule has 0 aliphatic rings. The molecule has 1 aromatic heterocycles. The largest absolute Gasteiger partial charge is 0.362 e. The molecule has 1 N–H and O–H groups in total. The van der Waals surface area contributed by atoms with Crippen molar-refractivity contribution in [3.8, 4) is 12.0 Å². The minimum absolute atomic E-state index is 0.220. The number of sulfonamides is 1. The zero-order chi connectivity index (χ0) is 20.1. The van der Waals surface area contributed by atoms with E-state index >= 15 is 0 Å². The summed E-state index contributed by atoms with van der Waals surface area (Å²) in [5, 5.41) is 0. The second-order valence-electron chi connectivity index (χ2n) is 6.50. The van der Waals surface area contributed by atoms with Gasteiger partial charge in [0.1, 0.15) is 0 Å². The van der Waals surface area contributed by atoms with Gasteiger partial charge in [-0.15, -0.1) is 0 Å². The van der Waals surface area contributed by atoms with Crippen LogP contribution in [0.25, 0.3) is 0 Å². The Hall–Kier alpha value is -2.49. The molecule has 0 atom stereocenters. The van der Waals surface area contributed by atoms with Gasteiger partial charge in [0.25, 0.3) is 10.0 Å². The van der Waals surface area contributed by atoms with E-state index in [1.807, 2.05) is 44.2 Å². The zero-order valence-electron chi connectivity index (χ0n) is 15.7. The van der Waals surface area contributed by atoms with E-state index in [2.05, 4.69) is 38.9 Å². The first-order valence-corrected chi connectivity index (χ1v) is 11.1. The van der Waals surface area contributed by atoms with Gasteiger partial charge in [-0.05, 0) is 67.8 Å². The highest BCUT2D eigenvalue weighted by Crippen LogP contribution is 2.19. The van der Waals surface area contributed by atoms with Gasteiger partial charge in [-0.3, -0.25) is 0 Å². The van der Waals surface area contributed by atoms with Crippen LogP contribution in [0.1, 0.15) is 22.5 Å². The molecule has 0 radical (unpaired) electrons. The fourth-order valence-corrected chi connectivity index (χ4v) is 4.37. The van der Waals surface area contributed by atoms with Crippen LogP contribution in [0.5, 0.6) is 0 Å². The molecule has 0 unspecified atom stereocenters. The lowest BCUT2D eigenvalue weighted by Crippen LogP contribution is -2.29. The molecular formula is C22H21BrN2O2S. The molecule has 3 aromatic rings. The lowest BCUT2D eigenvalue weighted by atomic mass is 10.2. The molecule has 0 aliphatic carbocycles. The van der Waals surface area contributed by atoms with Crippen LogP contribution in [-0.2, 0) is 16.4 Å². The van der Waals surface area contributed by atoms with Crippen molar-refractivity contribution in [2.24, 2.45) is 0 Å². The lowest BCUT2D eigenvalue weighted by Gasteiger charge is -2.18. The monoisotopic (exact) mass is 456 g/mol. The van der Waals surface area contributed by atoms with E-state index in [-0.39, 0.29) is 11.4 Å². The van der Waals surface area contributed by atoms with Gasteiger partial charge in [-0.2, -0.15) is 0 Å². The van der Waals surface area contributed by atoms with Crippen molar-refractivity contribution in [2.75, 3.05) is 6.54 Å². The number of nitrogens with one attached hydrogen (secondary N) is 1. The van der Waals surface area contributed by atoms with Crippen molar-refractivity contribution < 1.29 is 8.42 Å². The average molecular weight is 457 g/mol. The van der Waals surface area contributed by atoms with E-state index in [0.717, 1.165) is 27.0 Å². The molecule has 0 amide bonds. The Morgan fingerprint density at radius 3 is 2.32 bits per heavy atom. The first kappa shape index (κ1) is 20.2. The van der Waals surface area contributed by atoms with Crippen molar-refractivity contribution in [1.29, 1.82) is 0 Å². The smallest absolute Gasteiger partial charge is 0.270 e. The summed E-state index contributed by atoms with van der Waals surface area (Å²) < 4.78 is 28.4. The van der Waals surface area contributed by atoms with Gasteiger partial charge in [0.2, 0.25) is 0 Å². The molecular weight excluding hydrogens is 436 g/mol. The van der Waals surface area contributed by atoms with Crippen LogP contribution in [0.15, 0.2) is 70.0 Å². The maximum absolute atomic E-state index is 13.2. The summed E-state index contributed by atoms with van der Waals surface area (Å²) in [5.41, 5.74) is 3.97. The summed E-state index contributed by atoms with van der Waals surface area (Å²) in [7, 11) is -3.74. The molecule has 28 heavy (non-hydrogen) atoms. The number of halogens is 1. The molecule has 144 valence electrons. The molecule has 0 fully saturated rings. The topological polar surface area (TPSA) is 53.2 Å². The Balaban J connectivity index is 1.92. The maximum atomic E-state index is 13.2. The summed E-state index contributed by atoms with van der Waals surface area (Å²) in [6.07, 6.45) is 0.554. The molecule has 0 saturated heterocycles. The third-order valence-electron chi connectivity index (χ3n) is 4.32. The van der Waals surface area contributed by atoms with Crippen LogP contribution in [0, 0.1) is 25.8 Å². The molecule has 0 bridgehead atoms. The molecule has 0 aliphatic heterocycles. The molecule has 0 spiro atoms. The van der Waals surface area contributed by atoms with Crippen molar-refractivity contribution in [3.63, 3.8) is 0 Å². The van der Waals surface area contributed by atoms with Gasteiger partial charge in [-0.25, -0.2) is 12.7 Å². The second-order valence-corrected chi connectivity index (χ2v) is 9.28. The minimum Gasteiger partial charge on any atom is -0.362 e. The van der Waals surface area contributed by atoms with E-state index in [4.69, 9.17) is 0 Å². The van der Waals surface area contributed by atoms with Crippen LogP contribution < -0.4 is 0 Å². The van der Waals surface area contributed by atoms with Gasteiger partial charge in [0.05, 0.1) is 4.90 Å². The average Bonchev–Trinajstić information content (AvgIpc) is 3.00. The van der Waals surface area contributed by atoms with Crippen LogP contribution >= 0.6 is 15.9 Å². The van der Waals surface area contributed by atoms with Crippen molar-refractivity contribution >= 4 is 26.0 Å². The quantitative estimate of drug-likeness (QED) is 0.449. The normalized spacial score (nSPS) is 11.0. The SMILES string of the molecule is Cc1cc(C)c(CCN(C#Cc2ccccc2)S(=O)(=O)c2ccc(Br)cc2)[nH]1. The molecule has 1 heterocycles. The number of H-pyrrole nitrogens is 1. The first-order valence-electron chi connectivity index (χ1n) is 8.86. The van der Waals surface area contributed by atoms with Gasteiger partial charge < -0.3 is 4.98 Å². The number of nitrogens with zero attached hydrogens (tertiary/aromatic N) is 1. The molecule has 0 saturated carbocycles. The first-order chi connectivity index (χ1) is 13.4. The van der Waals surface area contributed by atoms with Gasteiger partial charge in [0, 0.05) is 40.4 Å². The number of benzene rings is 2. The van der Waals surface area contributed by atoms with E-state index in [1.165, 1.54) is 4.31 Å². The third kappa shape index (κ3) is 4.86.